The summed E-state index contributed by atoms with van der Waals surface area (Å²) in [6.45, 7) is 7.83. The average molecular weight is 125 g/mol. The van der Waals surface area contributed by atoms with Crippen molar-refractivity contribution >= 4 is 0 Å². The van der Waals surface area contributed by atoms with Gasteiger partial charge < -0.3 is 4.84 Å². The second-order valence-corrected chi connectivity index (χ2v) is 2.43. The van der Waals surface area contributed by atoms with E-state index in [1.807, 2.05) is 6.08 Å². The van der Waals surface area contributed by atoms with Crippen molar-refractivity contribution in [3.8, 4) is 0 Å². The molecule has 2 nitrogen and oxygen atoms in total. The Bertz CT molecular complexity index is 158. The van der Waals surface area contributed by atoms with Crippen LogP contribution < -0.4 is 5.48 Å². The van der Waals surface area contributed by atoms with E-state index in [0.717, 1.165) is 11.5 Å². The van der Waals surface area contributed by atoms with Crippen molar-refractivity contribution in [2.75, 3.05) is 0 Å². The molecule has 1 rings (SSSR count). The van der Waals surface area contributed by atoms with Crippen molar-refractivity contribution in [3.05, 3.63) is 24.1 Å². The lowest BCUT2D eigenvalue weighted by Gasteiger charge is -2.03. The summed E-state index contributed by atoms with van der Waals surface area (Å²) in [5.74, 6) is 1.40. The van der Waals surface area contributed by atoms with Gasteiger partial charge in [-0.15, -0.1) is 0 Å². The second kappa shape index (κ2) is 2.13. The molecule has 1 heterocycles. The van der Waals surface area contributed by atoms with Crippen molar-refractivity contribution in [1.29, 1.82) is 0 Å². The largest absolute Gasteiger partial charge is 0.386 e. The molecule has 2 heteroatoms. The van der Waals surface area contributed by atoms with Crippen LogP contribution in [0.4, 0.5) is 0 Å². The van der Waals surface area contributed by atoms with E-state index >= 15 is 0 Å². The van der Waals surface area contributed by atoms with Gasteiger partial charge >= 0.3 is 0 Å². The molecule has 0 radical (unpaired) electrons. The maximum atomic E-state index is 5.04. The first kappa shape index (κ1) is 6.20. The summed E-state index contributed by atoms with van der Waals surface area (Å²) >= 11 is 0. The molecule has 0 unspecified atom stereocenters. The summed E-state index contributed by atoms with van der Waals surface area (Å²) in [5.41, 5.74) is 3.50. The summed E-state index contributed by atoms with van der Waals surface area (Å²) in [6.07, 6.45) is 1.91. The van der Waals surface area contributed by atoms with Crippen LogP contribution >= 0.6 is 0 Å². The molecule has 1 aliphatic heterocycles. The third-order valence-electron chi connectivity index (χ3n) is 1.19. The van der Waals surface area contributed by atoms with Gasteiger partial charge in [0.15, 0.2) is 0 Å². The lowest BCUT2D eigenvalue weighted by Crippen LogP contribution is -2.04. The quantitative estimate of drug-likeness (QED) is 0.574. The summed E-state index contributed by atoms with van der Waals surface area (Å²) < 4.78 is 0. The van der Waals surface area contributed by atoms with Gasteiger partial charge in [-0.3, -0.25) is 0 Å². The lowest BCUT2D eigenvalue weighted by molar-refractivity contribution is 0.134. The fourth-order valence-electron chi connectivity index (χ4n) is 0.640. The molecule has 1 N–H and O–H groups in total. The van der Waals surface area contributed by atoms with Crippen LogP contribution in [0.15, 0.2) is 24.1 Å². The van der Waals surface area contributed by atoms with Gasteiger partial charge in [-0.25, -0.2) is 5.48 Å². The predicted molar refractivity (Wildman–Crippen MR) is 36.3 cm³/mol. The molecule has 0 aliphatic carbocycles. The molecule has 9 heavy (non-hydrogen) atoms. The zero-order chi connectivity index (χ0) is 6.85. The minimum Gasteiger partial charge on any atom is -0.386 e. The molecule has 0 atom stereocenters. The summed E-state index contributed by atoms with van der Waals surface area (Å²) in [4.78, 5) is 5.04. The number of hydrogen-bond donors (Lipinski definition) is 1. The molecule has 0 fully saturated rings. The monoisotopic (exact) mass is 125 g/mol. The van der Waals surface area contributed by atoms with E-state index in [-0.39, 0.29) is 0 Å². The molecule has 0 aromatic carbocycles. The van der Waals surface area contributed by atoms with E-state index in [1.165, 1.54) is 0 Å². The molecule has 0 bridgehead atoms. The Morgan fingerprint density at radius 2 is 2.33 bits per heavy atom. The first-order chi connectivity index (χ1) is 4.20. The van der Waals surface area contributed by atoms with Crippen LogP contribution in [0.1, 0.15) is 13.8 Å². The van der Waals surface area contributed by atoms with Gasteiger partial charge in [0.1, 0.15) is 5.76 Å². The smallest absolute Gasteiger partial charge is 0.136 e. The van der Waals surface area contributed by atoms with E-state index in [0.29, 0.717) is 5.92 Å². The number of nitrogens with one attached hydrogen (secondary N) is 1. The van der Waals surface area contributed by atoms with E-state index in [2.05, 4.69) is 25.9 Å². The minimum absolute atomic E-state index is 0.441. The van der Waals surface area contributed by atoms with Crippen molar-refractivity contribution < 1.29 is 4.84 Å². The Kier molecular flexibility index (Phi) is 1.47. The summed E-state index contributed by atoms with van der Waals surface area (Å²) in [7, 11) is 0. The Morgan fingerprint density at radius 3 is 2.56 bits per heavy atom. The van der Waals surface area contributed by atoms with Gasteiger partial charge in [-0.1, -0.05) is 20.4 Å². The van der Waals surface area contributed by atoms with Gasteiger partial charge in [-0.05, 0) is 0 Å². The highest BCUT2D eigenvalue weighted by Crippen LogP contribution is 2.16. The number of rotatable bonds is 1. The van der Waals surface area contributed by atoms with Crippen molar-refractivity contribution in [2.45, 2.75) is 13.8 Å². The number of allylic oxidation sites excluding steroid dienone is 2. The standard InChI is InChI=1S/C7H11NO/c1-5(2)7-4-6(3)8-9-7/h4-5,8H,3H2,1-2H3. The summed E-state index contributed by atoms with van der Waals surface area (Å²) in [5, 5.41) is 0. The van der Waals surface area contributed by atoms with Crippen LogP contribution in [0, 0.1) is 5.92 Å². The average Bonchev–Trinajstić information content (AvgIpc) is 2.14. The number of hydroxylamine groups is 1. The van der Waals surface area contributed by atoms with Crippen LogP contribution in [0.3, 0.4) is 0 Å². The Balaban J connectivity index is 2.62. The second-order valence-electron chi connectivity index (χ2n) is 2.43. The highest BCUT2D eigenvalue weighted by atomic mass is 16.7. The molecule has 50 valence electrons. The normalized spacial score (nSPS) is 17.2. The molecule has 0 amide bonds. The minimum atomic E-state index is 0.441. The van der Waals surface area contributed by atoms with Crippen LogP contribution in [-0.2, 0) is 4.84 Å². The molecule has 0 aromatic heterocycles. The SMILES string of the molecule is C=C1C=C(C(C)C)ON1. The topological polar surface area (TPSA) is 21.3 Å². The Hall–Kier alpha value is -0.920. The van der Waals surface area contributed by atoms with Crippen molar-refractivity contribution in [2.24, 2.45) is 5.92 Å². The maximum absolute atomic E-state index is 5.04. The van der Waals surface area contributed by atoms with Gasteiger partial charge in [0.05, 0.1) is 5.70 Å². The first-order valence-electron chi connectivity index (χ1n) is 3.03. The van der Waals surface area contributed by atoms with Gasteiger partial charge in [0, 0.05) is 12.0 Å². The van der Waals surface area contributed by atoms with E-state index in [9.17, 15) is 0 Å². The third-order valence-corrected chi connectivity index (χ3v) is 1.19. The van der Waals surface area contributed by atoms with Crippen LogP contribution in [0.25, 0.3) is 0 Å². The van der Waals surface area contributed by atoms with Crippen molar-refractivity contribution in [3.63, 3.8) is 0 Å². The zero-order valence-corrected chi connectivity index (χ0v) is 5.77. The third kappa shape index (κ3) is 1.25. The Morgan fingerprint density at radius 1 is 1.67 bits per heavy atom. The number of hydrogen-bond acceptors (Lipinski definition) is 2. The van der Waals surface area contributed by atoms with Crippen molar-refractivity contribution in [1.82, 2.24) is 5.48 Å². The maximum Gasteiger partial charge on any atom is 0.136 e. The highest BCUT2D eigenvalue weighted by molar-refractivity contribution is 5.19. The zero-order valence-electron chi connectivity index (χ0n) is 5.77. The first-order valence-corrected chi connectivity index (χ1v) is 3.03. The highest BCUT2D eigenvalue weighted by Gasteiger charge is 2.10. The van der Waals surface area contributed by atoms with E-state index in [4.69, 9.17) is 4.84 Å². The molecular weight excluding hydrogens is 114 g/mol. The Labute approximate surface area is 55.2 Å². The fraction of sp³-hybridized carbons (Fsp3) is 0.429. The van der Waals surface area contributed by atoms with Gasteiger partial charge in [0.2, 0.25) is 0 Å². The molecule has 0 saturated heterocycles. The molecule has 0 saturated carbocycles. The molecular formula is C7H11NO. The van der Waals surface area contributed by atoms with Gasteiger partial charge in [0.25, 0.3) is 0 Å². The fourth-order valence-corrected chi connectivity index (χ4v) is 0.640. The van der Waals surface area contributed by atoms with Crippen LogP contribution in [-0.4, -0.2) is 0 Å². The van der Waals surface area contributed by atoms with Crippen LogP contribution in [0.2, 0.25) is 0 Å². The summed E-state index contributed by atoms with van der Waals surface area (Å²) in [6, 6.07) is 0. The predicted octanol–water partition coefficient (Wildman–Crippen LogP) is 1.57. The molecule has 0 spiro atoms. The molecule has 0 aromatic rings. The van der Waals surface area contributed by atoms with E-state index < -0.39 is 0 Å². The molecule has 1 aliphatic rings. The van der Waals surface area contributed by atoms with Crippen LogP contribution in [0.5, 0.6) is 0 Å². The van der Waals surface area contributed by atoms with Gasteiger partial charge in [-0.2, -0.15) is 0 Å². The lowest BCUT2D eigenvalue weighted by atomic mass is 10.2. The van der Waals surface area contributed by atoms with E-state index in [1.54, 1.807) is 0 Å².